The monoisotopic (exact) mass is 421 g/mol. The first-order valence-electron chi connectivity index (χ1n) is 10.9. The first kappa shape index (κ1) is 21.5. The average Bonchev–Trinajstić information content (AvgIpc) is 3.21. The van der Waals surface area contributed by atoms with E-state index in [-0.39, 0.29) is 11.4 Å². The minimum absolute atomic E-state index is 0.218. The van der Waals surface area contributed by atoms with Crippen LogP contribution in [-0.2, 0) is 5.60 Å². The fraction of sp³-hybridized carbons (Fsp3) is 0.440. The minimum Gasteiger partial charge on any atom is -0.462 e. The van der Waals surface area contributed by atoms with E-state index in [9.17, 15) is 5.11 Å². The number of ether oxygens (including phenoxy) is 1. The minimum atomic E-state index is -1.16. The van der Waals surface area contributed by atoms with Crippen molar-refractivity contribution in [2.24, 2.45) is 5.41 Å². The van der Waals surface area contributed by atoms with Crippen molar-refractivity contribution in [3.8, 4) is 17.5 Å². The molecule has 1 aliphatic rings. The predicted molar refractivity (Wildman–Crippen MR) is 120 cm³/mol. The number of aromatic nitrogens is 2. The molecule has 3 aromatic rings. The van der Waals surface area contributed by atoms with Gasteiger partial charge in [0, 0.05) is 24.1 Å². The van der Waals surface area contributed by atoms with Crippen LogP contribution in [0.4, 0.5) is 0 Å². The summed E-state index contributed by atoms with van der Waals surface area (Å²) in [5.41, 5.74) is 2.23. The Labute approximate surface area is 183 Å². The molecule has 1 fully saturated rings. The number of hydrogen-bond acceptors (Lipinski definition) is 6. The Morgan fingerprint density at radius 1 is 1.16 bits per heavy atom. The summed E-state index contributed by atoms with van der Waals surface area (Å²) in [5.74, 6) is 0.812. The second kappa shape index (κ2) is 8.09. The molecule has 0 bridgehead atoms. The first-order chi connectivity index (χ1) is 14.8. The van der Waals surface area contributed by atoms with Crippen LogP contribution in [0.15, 0.2) is 53.1 Å². The Balaban J connectivity index is 1.79. The molecule has 2 heterocycles. The van der Waals surface area contributed by atoms with Crippen molar-refractivity contribution >= 4 is 0 Å². The third kappa shape index (κ3) is 3.75. The lowest BCUT2D eigenvalue weighted by Crippen LogP contribution is -2.63. The number of benzene rings is 2. The third-order valence-electron chi connectivity index (χ3n) is 6.31. The Bertz CT molecular complexity index is 1040. The standard InChI is InChI=1S/C25H31N3O3/c1-6-30-23-26-22(31-27-23)19-8-7-9-21(14-19)25(29,24(4)15-28(5)16-24)20-12-10-18(11-13-20)17(2)3/h7-14,17,29H,6,15-16H2,1-5H3/t25-/m0/s1. The van der Waals surface area contributed by atoms with E-state index in [1.165, 1.54) is 5.56 Å². The lowest BCUT2D eigenvalue weighted by molar-refractivity contribution is -0.127. The van der Waals surface area contributed by atoms with Gasteiger partial charge in [-0.05, 0) is 53.9 Å². The van der Waals surface area contributed by atoms with Gasteiger partial charge in [0.25, 0.3) is 5.89 Å². The van der Waals surface area contributed by atoms with Crippen LogP contribution in [0.1, 0.15) is 50.3 Å². The van der Waals surface area contributed by atoms with Gasteiger partial charge in [0.05, 0.1) is 6.61 Å². The van der Waals surface area contributed by atoms with Gasteiger partial charge < -0.3 is 19.3 Å². The van der Waals surface area contributed by atoms with E-state index in [2.05, 4.69) is 67.1 Å². The van der Waals surface area contributed by atoms with Crippen LogP contribution in [0.5, 0.6) is 6.01 Å². The first-order valence-corrected chi connectivity index (χ1v) is 10.9. The molecule has 0 unspecified atom stereocenters. The van der Waals surface area contributed by atoms with Crippen LogP contribution < -0.4 is 4.74 Å². The molecule has 1 atom stereocenters. The van der Waals surface area contributed by atoms with E-state index in [1.807, 2.05) is 31.2 Å². The predicted octanol–water partition coefficient (Wildman–Crippen LogP) is 4.45. The molecule has 0 spiro atoms. The maximum atomic E-state index is 12.3. The largest absolute Gasteiger partial charge is 0.462 e. The highest BCUT2D eigenvalue weighted by atomic mass is 16.5. The summed E-state index contributed by atoms with van der Waals surface area (Å²) in [7, 11) is 2.08. The van der Waals surface area contributed by atoms with E-state index < -0.39 is 5.60 Å². The van der Waals surface area contributed by atoms with Crippen molar-refractivity contribution in [3.05, 3.63) is 65.2 Å². The Morgan fingerprint density at radius 2 is 1.87 bits per heavy atom. The van der Waals surface area contributed by atoms with Crippen LogP contribution in [0.25, 0.3) is 11.5 Å². The Morgan fingerprint density at radius 3 is 2.48 bits per heavy atom. The number of nitrogens with zero attached hydrogens (tertiary/aromatic N) is 3. The molecule has 0 amide bonds. The number of rotatable bonds is 7. The number of likely N-dealkylation sites (tertiary alicyclic amines) is 1. The maximum absolute atomic E-state index is 12.3. The van der Waals surface area contributed by atoms with Crippen molar-refractivity contribution in [3.63, 3.8) is 0 Å². The summed E-state index contributed by atoms with van der Waals surface area (Å²) < 4.78 is 10.7. The summed E-state index contributed by atoms with van der Waals surface area (Å²) in [6.07, 6.45) is 0. The molecule has 6 heteroatoms. The van der Waals surface area contributed by atoms with Crippen LogP contribution in [-0.4, -0.2) is 46.9 Å². The molecule has 1 N–H and O–H groups in total. The van der Waals surface area contributed by atoms with Crippen LogP contribution in [0, 0.1) is 5.41 Å². The van der Waals surface area contributed by atoms with Gasteiger partial charge in [-0.3, -0.25) is 0 Å². The second-order valence-electron chi connectivity index (χ2n) is 9.12. The van der Waals surface area contributed by atoms with Gasteiger partial charge in [-0.1, -0.05) is 57.2 Å². The molecule has 1 aromatic heterocycles. The lowest BCUT2D eigenvalue weighted by atomic mass is 9.62. The number of aliphatic hydroxyl groups is 1. The van der Waals surface area contributed by atoms with Gasteiger partial charge in [-0.25, -0.2) is 0 Å². The fourth-order valence-electron chi connectivity index (χ4n) is 4.74. The molecule has 1 saturated heterocycles. The van der Waals surface area contributed by atoms with Crippen LogP contribution >= 0.6 is 0 Å². The van der Waals surface area contributed by atoms with Crippen molar-refractivity contribution in [2.75, 3.05) is 26.7 Å². The quantitative estimate of drug-likeness (QED) is 0.608. The van der Waals surface area contributed by atoms with Crippen molar-refractivity contribution in [1.29, 1.82) is 0 Å². The van der Waals surface area contributed by atoms with Crippen LogP contribution in [0.3, 0.4) is 0 Å². The van der Waals surface area contributed by atoms with Gasteiger partial charge in [-0.2, -0.15) is 4.98 Å². The summed E-state index contributed by atoms with van der Waals surface area (Å²) in [6, 6.07) is 16.3. The fourth-order valence-corrected chi connectivity index (χ4v) is 4.74. The average molecular weight is 422 g/mol. The van der Waals surface area contributed by atoms with E-state index in [4.69, 9.17) is 9.26 Å². The molecule has 1 aliphatic heterocycles. The van der Waals surface area contributed by atoms with E-state index >= 15 is 0 Å². The summed E-state index contributed by atoms with van der Waals surface area (Å²) in [4.78, 5) is 6.54. The van der Waals surface area contributed by atoms with Crippen molar-refractivity contribution in [2.45, 2.75) is 39.2 Å². The van der Waals surface area contributed by atoms with Crippen molar-refractivity contribution < 1.29 is 14.4 Å². The third-order valence-corrected chi connectivity index (χ3v) is 6.31. The topological polar surface area (TPSA) is 71.6 Å². The van der Waals surface area contributed by atoms with E-state index in [0.717, 1.165) is 29.8 Å². The molecular weight excluding hydrogens is 390 g/mol. The molecular formula is C25H31N3O3. The molecule has 0 saturated carbocycles. The number of hydrogen-bond donors (Lipinski definition) is 1. The van der Waals surface area contributed by atoms with E-state index in [1.54, 1.807) is 0 Å². The summed E-state index contributed by atoms with van der Waals surface area (Å²) in [6.45, 7) is 10.4. The molecule has 0 radical (unpaired) electrons. The highest BCUT2D eigenvalue weighted by Gasteiger charge is 2.55. The highest BCUT2D eigenvalue weighted by Crippen LogP contribution is 2.50. The Kier molecular flexibility index (Phi) is 5.62. The van der Waals surface area contributed by atoms with E-state index in [0.29, 0.717) is 18.4 Å². The van der Waals surface area contributed by atoms with Gasteiger partial charge in [0.15, 0.2) is 0 Å². The lowest BCUT2D eigenvalue weighted by Gasteiger charge is -2.56. The SMILES string of the molecule is CCOc1noc(-c2cccc([C@@](O)(c3ccc(C(C)C)cc3)C3(C)CN(C)C3)c2)n1. The van der Waals surface area contributed by atoms with Gasteiger partial charge in [0.2, 0.25) is 0 Å². The van der Waals surface area contributed by atoms with Gasteiger partial charge in [-0.15, -0.1) is 0 Å². The molecule has 4 rings (SSSR count). The molecule has 0 aliphatic carbocycles. The smallest absolute Gasteiger partial charge is 0.354 e. The highest BCUT2D eigenvalue weighted by molar-refractivity contribution is 5.57. The maximum Gasteiger partial charge on any atom is 0.354 e. The van der Waals surface area contributed by atoms with Crippen LogP contribution in [0.2, 0.25) is 0 Å². The Hall–Kier alpha value is -2.70. The molecule has 6 nitrogen and oxygen atoms in total. The normalized spacial score (nSPS) is 17.9. The second-order valence-corrected chi connectivity index (χ2v) is 9.12. The molecule has 164 valence electrons. The van der Waals surface area contributed by atoms with Gasteiger partial charge >= 0.3 is 6.01 Å². The zero-order chi connectivity index (χ0) is 22.2. The zero-order valence-electron chi connectivity index (χ0n) is 18.9. The van der Waals surface area contributed by atoms with Gasteiger partial charge in [0.1, 0.15) is 5.60 Å². The summed E-state index contributed by atoms with van der Waals surface area (Å²) >= 11 is 0. The molecule has 31 heavy (non-hydrogen) atoms. The zero-order valence-corrected chi connectivity index (χ0v) is 18.9. The summed E-state index contributed by atoms with van der Waals surface area (Å²) in [5, 5.41) is 16.2. The van der Waals surface area contributed by atoms with Crippen molar-refractivity contribution in [1.82, 2.24) is 15.0 Å². The molecule has 2 aromatic carbocycles.